The lowest BCUT2D eigenvalue weighted by molar-refractivity contribution is -0.384. The Hall–Kier alpha value is -2.17. The van der Waals surface area contributed by atoms with Crippen LogP contribution in [0.5, 0.6) is 0 Å². The Kier molecular flexibility index (Phi) is 3.99. The maximum Gasteiger partial charge on any atom is 0.269 e. The van der Waals surface area contributed by atoms with E-state index in [2.05, 4.69) is 5.16 Å². The second kappa shape index (κ2) is 6.08. The molecule has 0 amide bonds. The van der Waals surface area contributed by atoms with Gasteiger partial charge in [0.1, 0.15) is 5.76 Å². The molecule has 1 fully saturated rings. The third-order valence-electron chi connectivity index (χ3n) is 4.13. The van der Waals surface area contributed by atoms with Gasteiger partial charge in [-0.05, 0) is 18.4 Å². The SMILES string of the molecule is O=[N+]([O-])c1ccc(Cc2cc(C3CCCCC3)no2)cc1. The highest BCUT2D eigenvalue weighted by Crippen LogP contribution is 2.32. The number of hydrogen-bond donors (Lipinski definition) is 0. The van der Waals surface area contributed by atoms with Gasteiger partial charge in [-0.2, -0.15) is 0 Å². The number of nitro benzene ring substituents is 1. The molecule has 5 nitrogen and oxygen atoms in total. The van der Waals surface area contributed by atoms with Crippen LogP contribution in [0.25, 0.3) is 0 Å². The Morgan fingerprint density at radius 3 is 2.57 bits per heavy atom. The summed E-state index contributed by atoms with van der Waals surface area (Å²) in [6, 6.07) is 8.61. The summed E-state index contributed by atoms with van der Waals surface area (Å²) in [7, 11) is 0. The van der Waals surface area contributed by atoms with Crippen LogP contribution in [0, 0.1) is 10.1 Å². The average Bonchev–Trinajstić information content (AvgIpc) is 2.97. The van der Waals surface area contributed by atoms with Gasteiger partial charge in [0.15, 0.2) is 0 Å². The number of aromatic nitrogens is 1. The van der Waals surface area contributed by atoms with E-state index in [-0.39, 0.29) is 10.6 Å². The van der Waals surface area contributed by atoms with Crippen molar-refractivity contribution in [2.24, 2.45) is 0 Å². The molecule has 3 rings (SSSR count). The van der Waals surface area contributed by atoms with Gasteiger partial charge < -0.3 is 4.52 Å². The summed E-state index contributed by atoms with van der Waals surface area (Å²) in [5.74, 6) is 1.36. The van der Waals surface area contributed by atoms with Gasteiger partial charge in [-0.3, -0.25) is 10.1 Å². The second-order valence-electron chi connectivity index (χ2n) is 5.65. The fourth-order valence-electron chi connectivity index (χ4n) is 2.94. The normalized spacial score (nSPS) is 16.0. The van der Waals surface area contributed by atoms with Gasteiger partial charge >= 0.3 is 0 Å². The fraction of sp³-hybridized carbons (Fsp3) is 0.438. The summed E-state index contributed by atoms with van der Waals surface area (Å²) in [5.41, 5.74) is 2.16. The molecule has 0 spiro atoms. The highest BCUT2D eigenvalue weighted by molar-refractivity contribution is 5.34. The maximum atomic E-state index is 10.6. The van der Waals surface area contributed by atoms with E-state index in [4.69, 9.17) is 4.52 Å². The number of rotatable bonds is 4. The summed E-state index contributed by atoms with van der Waals surface area (Å²) in [6.07, 6.45) is 6.89. The topological polar surface area (TPSA) is 69.2 Å². The third kappa shape index (κ3) is 3.29. The maximum absolute atomic E-state index is 10.6. The molecule has 2 aromatic rings. The number of benzene rings is 1. The molecule has 1 aliphatic rings. The Morgan fingerprint density at radius 2 is 1.90 bits per heavy atom. The van der Waals surface area contributed by atoms with E-state index in [0.717, 1.165) is 17.0 Å². The molecule has 0 aliphatic heterocycles. The number of nitrogens with zero attached hydrogens (tertiary/aromatic N) is 2. The van der Waals surface area contributed by atoms with Gasteiger partial charge in [0, 0.05) is 30.5 Å². The zero-order valence-corrected chi connectivity index (χ0v) is 11.8. The molecule has 0 N–H and O–H groups in total. The zero-order chi connectivity index (χ0) is 14.7. The molecule has 110 valence electrons. The van der Waals surface area contributed by atoms with Gasteiger partial charge in [-0.25, -0.2) is 0 Å². The summed E-state index contributed by atoms with van der Waals surface area (Å²) < 4.78 is 5.42. The molecule has 0 saturated heterocycles. The standard InChI is InChI=1S/C16H18N2O3/c19-18(20)14-8-6-12(7-9-14)10-15-11-16(17-21-15)13-4-2-1-3-5-13/h6-9,11,13H,1-5,10H2. The predicted molar refractivity (Wildman–Crippen MR) is 78.2 cm³/mol. The van der Waals surface area contributed by atoms with Crippen molar-refractivity contribution < 1.29 is 9.45 Å². The van der Waals surface area contributed by atoms with E-state index >= 15 is 0 Å². The van der Waals surface area contributed by atoms with E-state index in [1.54, 1.807) is 12.1 Å². The molecule has 0 atom stereocenters. The molecule has 1 aromatic carbocycles. The smallest absolute Gasteiger partial charge is 0.269 e. The van der Waals surface area contributed by atoms with E-state index in [1.807, 2.05) is 6.07 Å². The summed E-state index contributed by atoms with van der Waals surface area (Å²) in [5, 5.41) is 14.8. The number of nitro groups is 1. The summed E-state index contributed by atoms with van der Waals surface area (Å²) >= 11 is 0. The van der Waals surface area contributed by atoms with Crippen molar-refractivity contribution in [3.63, 3.8) is 0 Å². The molecule has 5 heteroatoms. The fourth-order valence-corrected chi connectivity index (χ4v) is 2.94. The highest BCUT2D eigenvalue weighted by Gasteiger charge is 2.19. The molecule has 1 heterocycles. The zero-order valence-electron chi connectivity index (χ0n) is 11.8. The van der Waals surface area contributed by atoms with E-state index < -0.39 is 0 Å². The van der Waals surface area contributed by atoms with Crippen LogP contribution >= 0.6 is 0 Å². The molecule has 1 aromatic heterocycles. The Balaban J connectivity index is 1.67. The first-order valence-electron chi connectivity index (χ1n) is 7.41. The summed E-state index contributed by atoms with van der Waals surface area (Å²) in [6.45, 7) is 0. The summed E-state index contributed by atoms with van der Waals surface area (Å²) in [4.78, 5) is 10.2. The molecule has 0 unspecified atom stereocenters. The van der Waals surface area contributed by atoms with E-state index in [1.165, 1.54) is 44.2 Å². The van der Waals surface area contributed by atoms with E-state index in [0.29, 0.717) is 12.3 Å². The first-order valence-corrected chi connectivity index (χ1v) is 7.41. The lowest BCUT2D eigenvalue weighted by atomic mass is 9.87. The van der Waals surface area contributed by atoms with Crippen molar-refractivity contribution in [2.75, 3.05) is 0 Å². The van der Waals surface area contributed by atoms with Gasteiger partial charge in [0.2, 0.25) is 0 Å². The van der Waals surface area contributed by atoms with Crippen molar-refractivity contribution >= 4 is 5.69 Å². The van der Waals surface area contributed by atoms with Crippen LogP contribution in [0.3, 0.4) is 0 Å². The minimum atomic E-state index is -0.389. The van der Waals surface area contributed by atoms with Gasteiger partial charge in [0.25, 0.3) is 5.69 Å². The van der Waals surface area contributed by atoms with Crippen LogP contribution in [0.2, 0.25) is 0 Å². The molecule has 1 saturated carbocycles. The van der Waals surface area contributed by atoms with Gasteiger partial charge in [0.05, 0.1) is 10.6 Å². The minimum absolute atomic E-state index is 0.110. The quantitative estimate of drug-likeness (QED) is 0.623. The Labute approximate surface area is 123 Å². The number of hydrogen-bond acceptors (Lipinski definition) is 4. The largest absolute Gasteiger partial charge is 0.361 e. The van der Waals surface area contributed by atoms with Crippen molar-refractivity contribution in [3.05, 3.63) is 57.5 Å². The Bertz CT molecular complexity index is 613. The first kappa shape index (κ1) is 13.8. The molecule has 1 aliphatic carbocycles. The number of non-ortho nitro benzene ring substituents is 1. The second-order valence-corrected chi connectivity index (χ2v) is 5.65. The van der Waals surface area contributed by atoms with Crippen molar-refractivity contribution in [2.45, 2.75) is 44.4 Å². The van der Waals surface area contributed by atoms with Crippen molar-refractivity contribution in [1.82, 2.24) is 5.16 Å². The molecule has 0 bridgehead atoms. The lowest BCUT2D eigenvalue weighted by Gasteiger charge is -2.18. The van der Waals surface area contributed by atoms with E-state index in [9.17, 15) is 10.1 Å². The van der Waals surface area contributed by atoms with Crippen LogP contribution in [0.15, 0.2) is 34.9 Å². The first-order chi connectivity index (χ1) is 10.2. The van der Waals surface area contributed by atoms with Crippen LogP contribution in [-0.4, -0.2) is 10.1 Å². The Morgan fingerprint density at radius 1 is 1.19 bits per heavy atom. The monoisotopic (exact) mass is 286 g/mol. The molecular formula is C16H18N2O3. The van der Waals surface area contributed by atoms with Crippen molar-refractivity contribution in [1.29, 1.82) is 0 Å². The predicted octanol–water partition coefficient (Wildman–Crippen LogP) is 4.22. The molecule has 21 heavy (non-hydrogen) atoms. The van der Waals surface area contributed by atoms with Crippen molar-refractivity contribution in [3.8, 4) is 0 Å². The van der Waals surface area contributed by atoms with Gasteiger partial charge in [-0.15, -0.1) is 0 Å². The highest BCUT2D eigenvalue weighted by atomic mass is 16.6. The third-order valence-corrected chi connectivity index (χ3v) is 4.13. The molecular weight excluding hydrogens is 268 g/mol. The van der Waals surface area contributed by atoms with Crippen LogP contribution in [0.1, 0.15) is 55.0 Å². The van der Waals surface area contributed by atoms with Crippen LogP contribution in [0.4, 0.5) is 5.69 Å². The minimum Gasteiger partial charge on any atom is -0.361 e. The van der Waals surface area contributed by atoms with Gasteiger partial charge in [-0.1, -0.05) is 36.6 Å². The van der Waals surface area contributed by atoms with Crippen LogP contribution in [-0.2, 0) is 6.42 Å². The average molecular weight is 286 g/mol. The van der Waals surface area contributed by atoms with Crippen LogP contribution < -0.4 is 0 Å². The molecule has 0 radical (unpaired) electrons. The lowest BCUT2D eigenvalue weighted by Crippen LogP contribution is -2.04.